The van der Waals surface area contributed by atoms with Crippen LogP contribution in [-0.2, 0) is 6.42 Å². The minimum atomic E-state index is -0.597. The largest absolute Gasteiger partial charge is 0.389 e. The monoisotopic (exact) mass is 237 g/mol. The van der Waals surface area contributed by atoms with Gasteiger partial charge in [0.2, 0.25) is 0 Å². The number of nitrogens with one attached hydrogen (secondary N) is 1. The molecule has 1 aliphatic rings. The van der Waals surface area contributed by atoms with Gasteiger partial charge < -0.3 is 10.8 Å². The third-order valence-corrected chi connectivity index (χ3v) is 4.22. The van der Waals surface area contributed by atoms with Gasteiger partial charge in [-0.25, -0.2) is 0 Å². The molecule has 0 aromatic carbocycles. The molecule has 86 valence electrons. The molecule has 0 saturated heterocycles. The van der Waals surface area contributed by atoms with E-state index in [1.54, 1.807) is 7.05 Å². The molecule has 1 aromatic heterocycles. The molecule has 5 heteroatoms. The van der Waals surface area contributed by atoms with Crippen molar-refractivity contribution in [3.8, 4) is 6.07 Å². The SMILES string of the molecule is CNC(O)C1CCCc2sc(N)c(C#N)c21. The van der Waals surface area contributed by atoms with Gasteiger partial charge in [-0.3, -0.25) is 5.32 Å². The maximum absolute atomic E-state index is 9.90. The molecule has 0 saturated carbocycles. The van der Waals surface area contributed by atoms with Crippen molar-refractivity contribution in [1.29, 1.82) is 5.26 Å². The first kappa shape index (κ1) is 11.4. The number of anilines is 1. The van der Waals surface area contributed by atoms with E-state index in [4.69, 9.17) is 11.0 Å². The van der Waals surface area contributed by atoms with Gasteiger partial charge >= 0.3 is 0 Å². The maximum atomic E-state index is 9.90. The number of nitrogen functional groups attached to an aromatic ring is 1. The van der Waals surface area contributed by atoms with Gasteiger partial charge in [-0.1, -0.05) is 0 Å². The van der Waals surface area contributed by atoms with E-state index < -0.39 is 6.23 Å². The number of aliphatic hydroxyl groups excluding tert-OH is 1. The molecule has 2 atom stereocenters. The molecule has 1 aliphatic carbocycles. The third-order valence-electron chi connectivity index (χ3n) is 3.13. The van der Waals surface area contributed by atoms with Crippen LogP contribution in [0.2, 0.25) is 0 Å². The van der Waals surface area contributed by atoms with E-state index in [-0.39, 0.29) is 5.92 Å². The molecule has 4 nitrogen and oxygen atoms in total. The van der Waals surface area contributed by atoms with Crippen LogP contribution < -0.4 is 11.1 Å². The fourth-order valence-electron chi connectivity index (χ4n) is 2.35. The fraction of sp³-hybridized carbons (Fsp3) is 0.545. The molecular formula is C11H15N3OS. The topological polar surface area (TPSA) is 82.1 Å². The van der Waals surface area contributed by atoms with Gasteiger partial charge in [-0.05, 0) is 31.9 Å². The van der Waals surface area contributed by atoms with Crippen molar-refractivity contribution >= 4 is 16.3 Å². The smallest absolute Gasteiger partial charge is 0.111 e. The van der Waals surface area contributed by atoms with Crippen LogP contribution in [0, 0.1) is 11.3 Å². The molecule has 2 rings (SSSR count). The summed E-state index contributed by atoms with van der Waals surface area (Å²) in [5, 5.41) is 22.4. The standard InChI is InChI=1S/C11H15N3OS/c1-14-11(15)6-3-2-4-8-9(6)7(5-12)10(13)16-8/h6,11,14-15H,2-4,13H2,1H3. The number of aryl methyl sites for hydroxylation is 1. The van der Waals surface area contributed by atoms with Crippen LogP contribution in [0.25, 0.3) is 0 Å². The molecule has 0 aliphatic heterocycles. The number of fused-ring (bicyclic) bond motifs is 1. The lowest BCUT2D eigenvalue weighted by atomic mass is 9.84. The van der Waals surface area contributed by atoms with Gasteiger partial charge in [0.15, 0.2) is 0 Å². The van der Waals surface area contributed by atoms with Gasteiger partial charge in [0.05, 0.1) is 5.56 Å². The summed E-state index contributed by atoms with van der Waals surface area (Å²) in [5.74, 6) is -0.00282. The number of aliphatic hydroxyl groups is 1. The summed E-state index contributed by atoms with van der Waals surface area (Å²) in [7, 11) is 1.72. The Morgan fingerprint density at radius 1 is 1.69 bits per heavy atom. The highest BCUT2D eigenvalue weighted by molar-refractivity contribution is 7.16. The predicted molar refractivity (Wildman–Crippen MR) is 64.2 cm³/mol. The third kappa shape index (κ3) is 1.69. The summed E-state index contributed by atoms with van der Waals surface area (Å²) >= 11 is 1.49. The summed E-state index contributed by atoms with van der Waals surface area (Å²) in [5.41, 5.74) is 7.37. The van der Waals surface area contributed by atoms with E-state index in [1.807, 2.05) is 0 Å². The lowest BCUT2D eigenvalue weighted by molar-refractivity contribution is 0.109. The Morgan fingerprint density at radius 2 is 2.44 bits per heavy atom. The minimum absolute atomic E-state index is 0.00282. The van der Waals surface area contributed by atoms with Crippen LogP contribution in [-0.4, -0.2) is 18.4 Å². The molecule has 0 fully saturated rings. The zero-order valence-corrected chi connectivity index (χ0v) is 9.97. The summed E-state index contributed by atoms with van der Waals surface area (Å²) in [4.78, 5) is 1.17. The Hall–Kier alpha value is -1.09. The number of nitrogens with zero attached hydrogens (tertiary/aromatic N) is 1. The summed E-state index contributed by atoms with van der Waals surface area (Å²) < 4.78 is 0. The molecule has 0 bridgehead atoms. The van der Waals surface area contributed by atoms with Crippen LogP contribution in [0.15, 0.2) is 0 Å². The molecule has 4 N–H and O–H groups in total. The van der Waals surface area contributed by atoms with Crippen LogP contribution >= 0.6 is 11.3 Å². The van der Waals surface area contributed by atoms with E-state index in [2.05, 4.69) is 11.4 Å². The Kier molecular flexibility index (Phi) is 3.15. The summed E-state index contributed by atoms with van der Waals surface area (Å²) in [6, 6.07) is 2.16. The second-order valence-electron chi connectivity index (χ2n) is 4.02. The second kappa shape index (κ2) is 4.42. The van der Waals surface area contributed by atoms with Gasteiger partial charge in [-0.2, -0.15) is 5.26 Å². The zero-order valence-electron chi connectivity index (χ0n) is 9.16. The Labute approximate surface area is 98.7 Å². The molecule has 16 heavy (non-hydrogen) atoms. The Balaban J connectivity index is 2.48. The number of thiophene rings is 1. The number of hydrogen-bond donors (Lipinski definition) is 3. The van der Waals surface area contributed by atoms with E-state index >= 15 is 0 Å². The molecule has 0 amide bonds. The van der Waals surface area contributed by atoms with Crippen LogP contribution in [0.1, 0.15) is 34.8 Å². The Bertz CT molecular complexity index is 435. The highest BCUT2D eigenvalue weighted by Gasteiger charge is 2.31. The van der Waals surface area contributed by atoms with E-state index in [9.17, 15) is 5.11 Å². The quantitative estimate of drug-likeness (QED) is 0.674. The van der Waals surface area contributed by atoms with Crippen molar-refractivity contribution in [2.75, 3.05) is 12.8 Å². The summed E-state index contributed by atoms with van der Waals surface area (Å²) in [6.07, 6.45) is 2.32. The average molecular weight is 237 g/mol. The second-order valence-corrected chi connectivity index (χ2v) is 5.16. The van der Waals surface area contributed by atoms with Crippen molar-refractivity contribution in [2.45, 2.75) is 31.4 Å². The van der Waals surface area contributed by atoms with Crippen molar-refractivity contribution < 1.29 is 5.11 Å². The first-order valence-corrected chi connectivity index (χ1v) is 6.17. The predicted octanol–water partition coefficient (Wildman–Crippen LogP) is 1.16. The molecular weight excluding hydrogens is 222 g/mol. The highest BCUT2D eigenvalue weighted by atomic mass is 32.1. The lowest BCUT2D eigenvalue weighted by Gasteiger charge is -2.27. The van der Waals surface area contributed by atoms with Crippen molar-refractivity contribution in [3.63, 3.8) is 0 Å². The number of hydrogen-bond acceptors (Lipinski definition) is 5. The Morgan fingerprint density at radius 3 is 3.06 bits per heavy atom. The summed E-state index contributed by atoms with van der Waals surface area (Å²) in [6.45, 7) is 0. The molecule has 1 heterocycles. The van der Waals surface area contributed by atoms with E-state index in [1.165, 1.54) is 16.2 Å². The first-order valence-electron chi connectivity index (χ1n) is 5.35. The zero-order chi connectivity index (χ0) is 11.7. The average Bonchev–Trinajstić information content (AvgIpc) is 2.63. The number of likely N-dealkylation sites (N-methyl/N-ethyl adjacent to an activating group) is 1. The van der Waals surface area contributed by atoms with Gasteiger partial charge in [0.1, 0.15) is 17.3 Å². The fourth-order valence-corrected chi connectivity index (χ4v) is 3.48. The lowest BCUT2D eigenvalue weighted by Crippen LogP contribution is -2.33. The highest BCUT2D eigenvalue weighted by Crippen LogP contribution is 2.42. The van der Waals surface area contributed by atoms with Crippen LogP contribution in [0.4, 0.5) is 5.00 Å². The van der Waals surface area contributed by atoms with E-state index in [0.717, 1.165) is 24.8 Å². The van der Waals surface area contributed by atoms with E-state index in [0.29, 0.717) is 10.6 Å². The molecule has 1 aromatic rings. The molecule has 2 unspecified atom stereocenters. The number of nitrogens with two attached hydrogens (primary N) is 1. The normalized spacial score (nSPS) is 21.2. The molecule has 0 radical (unpaired) electrons. The van der Waals surface area contributed by atoms with Crippen molar-refractivity contribution in [3.05, 3.63) is 16.0 Å². The van der Waals surface area contributed by atoms with Crippen molar-refractivity contribution in [2.24, 2.45) is 0 Å². The number of rotatable bonds is 2. The molecule has 0 spiro atoms. The van der Waals surface area contributed by atoms with Gasteiger partial charge in [-0.15, -0.1) is 11.3 Å². The number of nitriles is 1. The van der Waals surface area contributed by atoms with Crippen LogP contribution in [0.5, 0.6) is 0 Å². The minimum Gasteiger partial charge on any atom is -0.389 e. The van der Waals surface area contributed by atoms with Gasteiger partial charge in [0, 0.05) is 10.8 Å². The maximum Gasteiger partial charge on any atom is 0.111 e. The first-order chi connectivity index (χ1) is 7.69. The van der Waals surface area contributed by atoms with Crippen LogP contribution in [0.3, 0.4) is 0 Å². The van der Waals surface area contributed by atoms with Crippen molar-refractivity contribution in [1.82, 2.24) is 5.32 Å². The van der Waals surface area contributed by atoms with Gasteiger partial charge in [0.25, 0.3) is 0 Å².